The highest BCUT2D eigenvalue weighted by Gasteiger charge is 2.23. The van der Waals surface area contributed by atoms with Crippen molar-refractivity contribution in [1.29, 1.82) is 0 Å². The van der Waals surface area contributed by atoms with Gasteiger partial charge in [0.15, 0.2) is 0 Å². The Balaban J connectivity index is 2.02. The van der Waals surface area contributed by atoms with E-state index in [-0.39, 0.29) is 12.1 Å². The third-order valence-electron chi connectivity index (χ3n) is 1.84. The Morgan fingerprint density at radius 1 is 1.64 bits per heavy atom. The molecular weight excluding hydrogens is 250 g/mol. The van der Waals surface area contributed by atoms with Crippen molar-refractivity contribution < 1.29 is 14.3 Å². The number of carbonyl (C=O) groups is 1. The molecule has 0 amide bonds. The largest absolute Gasteiger partial charge is 0.454 e. The minimum Gasteiger partial charge on any atom is -0.454 e. The third kappa shape index (κ3) is 2.10. The minimum absolute atomic E-state index is 0.0885. The first kappa shape index (κ1) is 9.61. The van der Waals surface area contributed by atoms with E-state index in [1.807, 2.05) is 0 Å². The Bertz CT molecular complexity index is 352. The molecule has 1 aliphatic rings. The summed E-state index contributed by atoms with van der Waals surface area (Å²) in [6.07, 6.45) is 1.47. The van der Waals surface area contributed by atoms with Crippen molar-refractivity contribution in [3.05, 3.63) is 28.5 Å². The molecule has 0 radical (unpaired) electrons. The number of rotatable bonds is 2. The lowest BCUT2D eigenvalue weighted by atomic mass is 10.2. The quantitative estimate of drug-likeness (QED) is 0.594. The van der Waals surface area contributed by atoms with Gasteiger partial charge < -0.3 is 9.47 Å². The van der Waals surface area contributed by atoms with E-state index in [0.29, 0.717) is 23.4 Å². The molecule has 0 unspecified atom stereocenters. The van der Waals surface area contributed by atoms with E-state index in [4.69, 9.17) is 9.47 Å². The predicted octanol–water partition coefficient (Wildman–Crippen LogP) is 1.40. The van der Waals surface area contributed by atoms with Crippen molar-refractivity contribution in [2.24, 2.45) is 0 Å². The summed E-state index contributed by atoms with van der Waals surface area (Å²) in [5, 5.41) is 0. The summed E-state index contributed by atoms with van der Waals surface area (Å²) in [5.74, 6) is -0.332. The molecule has 14 heavy (non-hydrogen) atoms. The van der Waals surface area contributed by atoms with Crippen LogP contribution in [0.15, 0.2) is 22.9 Å². The zero-order chi connectivity index (χ0) is 9.97. The van der Waals surface area contributed by atoms with Gasteiger partial charge >= 0.3 is 5.97 Å². The number of hydrogen-bond donors (Lipinski definition) is 0. The number of hydrogen-bond acceptors (Lipinski definition) is 4. The second-order valence-corrected chi connectivity index (χ2v) is 3.74. The van der Waals surface area contributed by atoms with Crippen molar-refractivity contribution in [3.63, 3.8) is 0 Å². The number of carbonyl (C=O) groups excluding carboxylic acids is 1. The summed E-state index contributed by atoms with van der Waals surface area (Å²) < 4.78 is 10.6. The van der Waals surface area contributed by atoms with Crippen molar-refractivity contribution in [1.82, 2.24) is 4.98 Å². The van der Waals surface area contributed by atoms with E-state index in [9.17, 15) is 4.79 Å². The van der Waals surface area contributed by atoms with E-state index in [2.05, 4.69) is 20.9 Å². The van der Waals surface area contributed by atoms with Gasteiger partial charge in [0, 0.05) is 6.20 Å². The summed E-state index contributed by atoms with van der Waals surface area (Å²) in [6.45, 7) is 0.996. The van der Waals surface area contributed by atoms with Crippen LogP contribution in [0.25, 0.3) is 0 Å². The zero-order valence-corrected chi connectivity index (χ0v) is 8.86. The fourth-order valence-corrected chi connectivity index (χ4v) is 1.40. The molecule has 2 rings (SSSR count). The average Bonchev–Trinajstić information content (AvgIpc) is 2.11. The van der Waals surface area contributed by atoms with Gasteiger partial charge in [0.2, 0.25) is 0 Å². The topological polar surface area (TPSA) is 48.4 Å². The van der Waals surface area contributed by atoms with Gasteiger partial charge in [-0.25, -0.2) is 9.78 Å². The monoisotopic (exact) mass is 257 g/mol. The first-order chi connectivity index (χ1) is 6.75. The molecule has 1 aliphatic heterocycles. The molecule has 2 heterocycles. The number of ether oxygens (including phenoxy) is 2. The molecule has 1 aromatic rings. The maximum Gasteiger partial charge on any atom is 0.338 e. The molecule has 0 atom stereocenters. The number of esters is 1. The highest BCUT2D eigenvalue weighted by molar-refractivity contribution is 9.10. The molecule has 5 heteroatoms. The van der Waals surface area contributed by atoms with Crippen LogP contribution in [0.2, 0.25) is 0 Å². The standard InChI is InChI=1S/C9H8BrNO3/c10-8-3-6(1-2-11-8)9(12)14-7-4-13-5-7/h1-3,7H,4-5H2. The number of pyridine rings is 1. The van der Waals surface area contributed by atoms with Gasteiger partial charge in [-0.1, -0.05) is 0 Å². The lowest BCUT2D eigenvalue weighted by Gasteiger charge is -2.25. The van der Waals surface area contributed by atoms with Gasteiger partial charge in [0.05, 0.1) is 18.8 Å². The Kier molecular flexibility index (Phi) is 2.79. The van der Waals surface area contributed by atoms with E-state index < -0.39 is 0 Å². The summed E-state index contributed by atoms with van der Waals surface area (Å²) in [4.78, 5) is 15.4. The van der Waals surface area contributed by atoms with Crippen LogP contribution in [-0.2, 0) is 9.47 Å². The van der Waals surface area contributed by atoms with Gasteiger partial charge in [-0.15, -0.1) is 0 Å². The van der Waals surface area contributed by atoms with E-state index in [0.717, 1.165) is 0 Å². The fourth-order valence-electron chi connectivity index (χ4n) is 1.03. The zero-order valence-electron chi connectivity index (χ0n) is 7.27. The first-order valence-corrected chi connectivity index (χ1v) is 4.95. The van der Waals surface area contributed by atoms with Crippen molar-refractivity contribution in [2.45, 2.75) is 6.10 Å². The Morgan fingerprint density at radius 3 is 3.00 bits per heavy atom. The Morgan fingerprint density at radius 2 is 2.43 bits per heavy atom. The Hall–Kier alpha value is -0.940. The highest BCUT2D eigenvalue weighted by Crippen LogP contribution is 2.12. The molecule has 0 N–H and O–H groups in total. The van der Waals surface area contributed by atoms with Crippen LogP contribution < -0.4 is 0 Å². The number of halogens is 1. The van der Waals surface area contributed by atoms with Crippen LogP contribution in [0.3, 0.4) is 0 Å². The smallest absolute Gasteiger partial charge is 0.338 e. The van der Waals surface area contributed by atoms with Crippen LogP contribution in [-0.4, -0.2) is 30.3 Å². The molecule has 1 fully saturated rings. The molecule has 0 spiro atoms. The minimum atomic E-state index is -0.332. The van der Waals surface area contributed by atoms with Gasteiger partial charge in [-0.2, -0.15) is 0 Å². The van der Waals surface area contributed by atoms with Crippen molar-refractivity contribution in [3.8, 4) is 0 Å². The van der Waals surface area contributed by atoms with Gasteiger partial charge in [-0.3, -0.25) is 0 Å². The second-order valence-electron chi connectivity index (χ2n) is 2.93. The number of aromatic nitrogens is 1. The van der Waals surface area contributed by atoms with Crippen LogP contribution in [0.4, 0.5) is 0 Å². The predicted molar refractivity (Wildman–Crippen MR) is 52.0 cm³/mol. The molecule has 1 saturated heterocycles. The van der Waals surface area contributed by atoms with E-state index in [1.165, 1.54) is 0 Å². The van der Waals surface area contributed by atoms with Crippen molar-refractivity contribution in [2.75, 3.05) is 13.2 Å². The molecule has 0 aromatic carbocycles. The van der Waals surface area contributed by atoms with Crippen LogP contribution in [0.1, 0.15) is 10.4 Å². The molecule has 74 valence electrons. The third-order valence-corrected chi connectivity index (χ3v) is 2.28. The highest BCUT2D eigenvalue weighted by atomic mass is 79.9. The molecule has 0 bridgehead atoms. The average molecular weight is 258 g/mol. The number of nitrogens with zero attached hydrogens (tertiary/aromatic N) is 1. The maximum atomic E-state index is 11.5. The second kappa shape index (κ2) is 4.06. The van der Waals surface area contributed by atoms with Crippen LogP contribution in [0.5, 0.6) is 0 Å². The molecule has 1 aromatic heterocycles. The van der Waals surface area contributed by atoms with E-state index in [1.54, 1.807) is 18.3 Å². The summed E-state index contributed by atoms with van der Waals surface area (Å²) >= 11 is 3.18. The molecule has 0 aliphatic carbocycles. The van der Waals surface area contributed by atoms with Gasteiger partial charge in [0.25, 0.3) is 0 Å². The van der Waals surface area contributed by atoms with Crippen LogP contribution >= 0.6 is 15.9 Å². The van der Waals surface area contributed by atoms with Gasteiger partial charge in [-0.05, 0) is 28.1 Å². The summed E-state index contributed by atoms with van der Waals surface area (Å²) in [6, 6.07) is 3.24. The molecular formula is C9H8BrNO3. The molecule has 4 nitrogen and oxygen atoms in total. The maximum absolute atomic E-state index is 11.5. The fraction of sp³-hybridized carbons (Fsp3) is 0.333. The SMILES string of the molecule is O=C(OC1COC1)c1ccnc(Br)c1. The van der Waals surface area contributed by atoms with Crippen molar-refractivity contribution >= 4 is 21.9 Å². The normalized spacial score (nSPS) is 16.1. The first-order valence-electron chi connectivity index (χ1n) is 4.16. The Labute approximate surface area is 89.4 Å². The van der Waals surface area contributed by atoms with E-state index >= 15 is 0 Å². The van der Waals surface area contributed by atoms with Gasteiger partial charge in [0.1, 0.15) is 10.7 Å². The molecule has 0 saturated carbocycles. The van der Waals surface area contributed by atoms with Crippen LogP contribution in [0, 0.1) is 0 Å². The summed E-state index contributed by atoms with van der Waals surface area (Å²) in [5.41, 5.74) is 0.499. The summed E-state index contributed by atoms with van der Waals surface area (Å²) in [7, 11) is 0. The lowest BCUT2D eigenvalue weighted by molar-refractivity contribution is -0.103. The lowest BCUT2D eigenvalue weighted by Crippen LogP contribution is -2.37.